The second kappa shape index (κ2) is 12.3. The van der Waals surface area contributed by atoms with E-state index in [0.717, 1.165) is 6.07 Å². The van der Waals surface area contributed by atoms with Gasteiger partial charge in [0.05, 0.1) is 36.4 Å². The summed E-state index contributed by atoms with van der Waals surface area (Å²) in [6.07, 6.45) is -0.327. The molecule has 3 N–H and O–H groups in total. The first-order valence-corrected chi connectivity index (χ1v) is 13.2. The molecule has 2 aromatic rings. The van der Waals surface area contributed by atoms with Gasteiger partial charge in [-0.1, -0.05) is 62.2 Å². The molecule has 1 unspecified atom stereocenters. The van der Waals surface area contributed by atoms with Crippen LogP contribution in [0.25, 0.3) is 0 Å². The molecule has 0 aliphatic carbocycles. The highest BCUT2D eigenvalue weighted by molar-refractivity contribution is 6.31. The van der Waals surface area contributed by atoms with E-state index < -0.39 is 47.6 Å². The van der Waals surface area contributed by atoms with Crippen LogP contribution < -0.4 is 5.32 Å². The minimum Gasteiger partial charge on any atom is -0.394 e. The summed E-state index contributed by atoms with van der Waals surface area (Å²) in [5.41, 5.74) is -1.67. The lowest BCUT2D eigenvalue weighted by atomic mass is 9.63. The van der Waals surface area contributed by atoms with Crippen LogP contribution >= 0.6 is 23.2 Å². The molecular formula is C28H33Cl2F2N3O3. The minimum absolute atomic E-state index is 0.0806. The van der Waals surface area contributed by atoms with Gasteiger partial charge in [-0.2, -0.15) is 5.26 Å². The van der Waals surface area contributed by atoms with E-state index in [2.05, 4.69) is 11.4 Å². The average Bonchev–Trinajstić information content (AvgIpc) is 3.12. The van der Waals surface area contributed by atoms with Gasteiger partial charge in [-0.15, -0.1) is 0 Å². The molecule has 0 saturated carbocycles. The molecule has 0 bridgehead atoms. The smallest absolute Gasteiger partial charge is 0.234 e. The van der Waals surface area contributed by atoms with Gasteiger partial charge in [0, 0.05) is 29.2 Å². The zero-order valence-electron chi connectivity index (χ0n) is 21.6. The van der Waals surface area contributed by atoms with Crippen LogP contribution in [0.2, 0.25) is 10.0 Å². The largest absolute Gasteiger partial charge is 0.394 e. The minimum atomic E-state index is -1.57. The van der Waals surface area contributed by atoms with Gasteiger partial charge in [0.15, 0.2) is 0 Å². The van der Waals surface area contributed by atoms with Crippen LogP contribution in [-0.4, -0.2) is 53.4 Å². The zero-order chi connectivity index (χ0) is 28.3. The number of hydrogen-bond donors (Lipinski definition) is 3. The summed E-state index contributed by atoms with van der Waals surface area (Å²) < 4.78 is 31.2. The number of aliphatic hydroxyl groups is 2. The molecule has 10 heteroatoms. The van der Waals surface area contributed by atoms with Gasteiger partial charge >= 0.3 is 0 Å². The van der Waals surface area contributed by atoms with Crippen molar-refractivity contribution in [2.45, 2.75) is 51.2 Å². The van der Waals surface area contributed by atoms with E-state index >= 15 is 8.78 Å². The molecule has 0 radical (unpaired) electrons. The molecule has 38 heavy (non-hydrogen) atoms. The highest BCUT2D eigenvalue weighted by atomic mass is 35.5. The van der Waals surface area contributed by atoms with Crippen LogP contribution in [0.4, 0.5) is 8.78 Å². The van der Waals surface area contributed by atoms with Crippen molar-refractivity contribution < 1.29 is 23.8 Å². The number of likely N-dealkylation sites (tertiary alicyclic amines) is 1. The SMILES string of the molecule is CC(C)(C)C[C@@H]1CN(CC(=O)NCCC(O)CO)[C@H](c2cccc(Cl)c2F)[C@@]1(C#N)c1ccc(Cl)cc1F. The number of amides is 1. The quantitative estimate of drug-likeness (QED) is 0.396. The van der Waals surface area contributed by atoms with Crippen molar-refractivity contribution in [3.05, 3.63) is 69.2 Å². The van der Waals surface area contributed by atoms with Crippen molar-refractivity contribution in [3.8, 4) is 6.07 Å². The highest BCUT2D eigenvalue weighted by Gasteiger charge is 2.58. The van der Waals surface area contributed by atoms with E-state index in [4.69, 9.17) is 28.3 Å². The van der Waals surface area contributed by atoms with Gasteiger partial charge in [-0.3, -0.25) is 9.69 Å². The Labute approximate surface area is 232 Å². The zero-order valence-corrected chi connectivity index (χ0v) is 23.2. The van der Waals surface area contributed by atoms with E-state index in [9.17, 15) is 15.2 Å². The molecule has 2 aromatic carbocycles. The van der Waals surface area contributed by atoms with Crippen molar-refractivity contribution in [1.82, 2.24) is 10.2 Å². The fraction of sp³-hybridized carbons (Fsp3) is 0.500. The summed E-state index contributed by atoms with van der Waals surface area (Å²) in [7, 11) is 0. The molecule has 206 valence electrons. The Balaban J connectivity index is 2.16. The second-order valence-electron chi connectivity index (χ2n) is 11.0. The summed E-state index contributed by atoms with van der Waals surface area (Å²) >= 11 is 12.2. The predicted octanol–water partition coefficient (Wildman–Crippen LogP) is 5.00. The van der Waals surface area contributed by atoms with Gasteiger partial charge < -0.3 is 15.5 Å². The third-order valence-electron chi connectivity index (χ3n) is 6.95. The Morgan fingerprint density at radius 2 is 2.00 bits per heavy atom. The summed E-state index contributed by atoms with van der Waals surface area (Å²) in [6, 6.07) is 9.89. The van der Waals surface area contributed by atoms with Crippen LogP contribution in [0.5, 0.6) is 0 Å². The number of aliphatic hydroxyl groups excluding tert-OH is 2. The second-order valence-corrected chi connectivity index (χ2v) is 11.9. The number of carbonyl (C=O) groups is 1. The van der Waals surface area contributed by atoms with Crippen molar-refractivity contribution in [2.24, 2.45) is 11.3 Å². The first-order valence-electron chi connectivity index (χ1n) is 12.4. The number of hydrogen-bond acceptors (Lipinski definition) is 5. The maximum absolute atomic E-state index is 15.6. The number of benzene rings is 2. The third-order valence-corrected chi connectivity index (χ3v) is 7.48. The summed E-state index contributed by atoms with van der Waals surface area (Å²) in [6.45, 7) is 5.72. The van der Waals surface area contributed by atoms with Crippen molar-refractivity contribution >= 4 is 29.1 Å². The van der Waals surface area contributed by atoms with Gasteiger partial charge in [0.1, 0.15) is 17.0 Å². The number of rotatable bonds is 9. The number of halogens is 4. The summed E-state index contributed by atoms with van der Waals surface area (Å²) in [5.74, 6) is -2.31. The topological polar surface area (TPSA) is 96.6 Å². The lowest BCUT2D eigenvalue weighted by molar-refractivity contribution is -0.122. The van der Waals surface area contributed by atoms with Crippen LogP contribution in [0.15, 0.2) is 36.4 Å². The van der Waals surface area contributed by atoms with Crippen LogP contribution in [0, 0.1) is 34.3 Å². The molecule has 1 aliphatic heterocycles. The Morgan fingerprint density at radius 1 is 1.29 bits per heavy atom. The fourth-order valence-electron chi connectivity index (χ4n) is 5.45. The Hall–Kier alpha value is -2.28. The molecule has 1 fully saturated rings. The monoisotopic (exact) mass is 567 g/mol. The van der Waals surface area contributed by atoms with Crippen molar-refractivity contribution in [3.63, 3.8) is 0 Å². The van der Waals surface area contributed by atoms with Crippen molar-refractivity contribution in [1.29, 1.82) is 5.26 Å². The number of carbonyl (C=O) groups excluding carboxylic acids is 1. The number of nitrogens with one attached hydrogen (secondary N) is 1. The molecule has 4 atom stereocenters. The predicted molar refractivity (Wildman–Crippen MR) is 143 cm³/mol. The van der Waals surface area contributed by atoms with Crippen LogP contribution in [-0.2, 0) is 10.2 Å². The lowest BCUT2D eigenvalue weighted by Crippen LogP contribution is -2.42. The molecule has 0 spiro atoms. The van der Waals surface area contributed by atoms with Gasteiger partial charge in [-0.25, -0.2) is 8.78 Å². The normalized spacial score (nSPS) is 22.7. The number of nitriles is 1. The molecule has 1 heterocycles. The van der Waals surface area contributed by atoms with E-state index in [1.807, 2.05) is 20.8 Å². The van der Waals surface area contributed by atoms with Crippen LogP contribution in [0.3, 0.4) is 0 Å². The summed E-state index contributed by atoms with van der Waals surface area (Å²) in [5, 5.41) is 32.1. The summed E-state index contributed by atoms with van der Waals surface area (Å²) in [4.78, 5) is 14.6. The average molecular weight is 568 g/mol. The Kier molecular flexibility index (Phi) is 9.77. The van der Waals surface area contributed by atoms with Gasteiger partial charge in [0.25, 0.3) is 0 Å². The van der Waals surface area contributed by atoms with Crippen LogP contribution in [0.1, 0.15) is 50.8 Å². The van der Waals surface area contributed by atoms with Gasteiger partial charge in [0.2, 0.25) is 5.91 Å². The maximum atomic E-state index is 15.6. The highest BCUT2D eigenvalue weighted by Crippen LogP contribution is 2.56. The first-order chi connectivity index (χ1) is 17.8. The van der Waals surface area contributed by atoms with E-state index in [0.29, 0.717) is 6.42 Å². The van der Waals surface area contributed by atoms with Gasteiger partial charge in [-0.05, 0) is 42.4 Å². The first kappa shape index (κ1) is 30.3. The molecular weight excluding hydrogens is 535 g/mol. The molecule has 3 rings (SSSR count). The molecule has 1 amide bonds. The van der Waals surface area contributed by atoms with E-state index in [1.165, 1.54) is 24.3 Å². The standard InChI is InChI=1S/C28H33Cl2F2N3O3/c1-27(2,3)12-17-13-35(14-24(38)34-10-9-19(37)15-36)26(20-5-4-6-22(30)25(20)32)28(17,16-33)21-8-7-18(29)11-23(21)31/h4-8,11,17,19,26,36-37H,9-10,12-15H2,1-3H3,(H,34,38)/t17-,19?,26-,28-/m1/s1. The van der Waals surface area contributed by atoms with E-state index in [1.54, 1.807) is 11.0 Å². The van der Waals surface area contributed by atoms with Crippen molar-refractivity contribution in [2.75, 3.05) is 26.2 Å². The molecule has 1 saturated heterocycles. The van der Waals surface area contributed by atoms with E-state index in [-0.39, 0.29) is 52.6 Å². The fourth-order valence-corrected chi connectivity index (χ4v) is 5.79. The Morgan fingerprint density at radius 3 is 2.61 bits per heavy atom. The number of nitrogens with zero attached hydrogens (tertiary/aromatic N) is 2. The lowest BCUT2D eigenvalue weighted by Gasteiger charge is -2.38. The third kappa shape index (κ3) is 6.47. The molecule has 0 aromatic heterocycles. The molecule has 1 aliphatic rings. The Bertz CT molecular complexity index is 1200. The molecule has 6 nitrogen and oxygen atoms in total. The maximum Gasteiger partial charge on any atom is 0.234 e.